The Bertz CT molecular complexity index is 2290. The van der Waals surface area contributed by atoms with Gasteiger partial charge >= 0.3 is 29.8 Å². The molecule has 0 heterocycles. The van der Waals surface area contributed by atoms with Crippen LogP contribution < -0.4 is 20.9 Å². The lowest BCUT2D eigenvalue weighted by molar-refractivity contribution is -0.143. The average molecular weight is 1070 g/mol. The molecule has 0 saturated carbocycles. The number of aliphatic carboxylic acids is 4. The van der Waals surface area contributed by atoms with Crippen molar-refractivity contribution in [2.24, 2.45) is 0 Å². The molecule has 0 fully saturated rings. The lowest BCUT2D eigenvalue weighted by Crippen LogP contribution is -2.25. The molecular weight excluding hydrogens is 979 g/mol. The van der Waals surface area contributed by atoms with Crippen molar-refractivity contribution in [3.05, 3.63) is 126 Å². The summed E-state index contributed by atoms with van der Waals surface area (Å²) in [6.07, 6.45) is 16.0. The number of carboxylic acids is 4. The Kier molecular flexibility index (Phi) is 36.8. The van der Waals surface area contributed by atoms with Crippen molar-refractivity contribution in [1.29, 1.82) is 0 Å². The molecule has 0 saturated heterocycles. The number of carbonyl (C=O) groups is 6. The fourth-order valence-electron chi connectivity index (χ4n) is 7.63. The van der Waals surface area contributed by atoms with Gasteiger partial charge in [0.15, 0.2) is 6.29 Å². The molecule has 16 nitrogen and oxygen atoms in total. The highest BCUT2D eigenvalue weighted by Gasteiger charge is 2.11. The Morgan fingerprint density at radius 2 is 0.935 bits per heavy atom. The molecule has 0 amide bonds. The topological polar surface area (TPSA) is 240 Å². The van der Waals surface area contributed by atoms with Crippen LogP contribution in [-0.4, -0.2) is 115 Å². The van der Waals surface area contributed by atoms with Crippen molar-refractivity contribution < 1.29 is 53.9 Å². The largest absolute Gasteiger partial charge is 0.481 e. The maximum absolute atomic E-state index is 11.3. The van der Waals surface area contributed by atoms with Crippen molar-refractivity contribution in [2.45, 2.75) is 137 Å². The Labute approximate surface area is 458 Å². The molecule has 424 valence electrons. The summed E-state index contributed by atoms with van der Waals surface area (Å²) in [7, 11) is 3.80. The smallest absolute Gasteiger partial charge is 0.307 e. The molecule has 7 N–H and O–H groups in total. The quantitative estimate of drug-likeness (QED) is 0.00838. The predicted molar refractivity (Wildman–Crippen MR) is 311 cm³/mol. The van der Waals surface area contributed by atoms with Gasteiger partial charge in [-0.2, -0.15) is 0 Å². The zero-order valence-electron chi connectivity index (χ0n) is 46.7. The van der Waals surface area contributed by atoms with E-state index in [9.17, 15) is 28.8 Å². The molecule has 0 spiro atoms. The summed E-state index contributed by atoms with van der Waals surface area (Å²) in [6, 6.07) is 30.3. The molecule has 16 heteroatoms. The number of anilines is 4. The minimum atomic E-state index is -0.824. The van der Waals surface area contributed by atoms with Crippen LogP contribution in [0.4, 0.5) is 22.7 Å². The minimum Gasteiger partial charge on any atom is -0.481 e. The van der Waals surface area contributed by atoms with Gasteiger partial charge in [-0.05, 0) is 123 Å². The molecular formula is C61H89N5O11. The molecule has 0 atom stereocenters. The van der Waals surface area contributed by atoms with Gasteiger partial charge in [0.25, 0.3) is 0 Å². The van der Waals surface area contributed by atoms with E-state index in [0.29, 0.717) is 24.3 Å². The fourth-order valence-corrected chi connectivity index (χ4v) is 7.63. The van der Waals surface area contributed by atoms with E-state index < -0.39 is 23.9 Å². The molecule has 4 rings (SSSR count). The van der Waals surface area contributed by atoms with Crippen molar-refractivity contribution in [3.8, 4) is 0 Å². The molecule has 0 aliphatic rings. The van der Waals surface area contributed by atoms with Crippen molar-refractivity contribution in [3.63, 3.8) is 0 Å². The second-order valence-electron chi connectivity index (χ2n) is 18.8. The molecule has 0 radical (unpaired) electrons. The van der Waals surface area contributed by atoms with Gasteiger partial charge < -0.3 is 50.9 Å². The summed E-state index contributed by atoms with van der Waals surface area (Å²) < 4.78 is 4.94. The molecule has 0 aliphatic heterocycles. The third-order valence-electron chi connectivity index (χ3n) is 11.7. The number of ether oxygens (including phenoxy) is 1. The summed E-state index contributed by atoms with van der Waals surface area (Å²) in [5, 5.41) is 37.9. The molecule has 0 aromatic heterocycles. The van der Waals surface area contributed by atoms with E-state index in [1.165, 1.54) is 6.42 Å². The number of rotatable bonds is 34. The number of nitrogens with one attached hydrogen (secondary N) is 1. The van der Waals surface area contributed by atoms with Gasteiger partial charge in [0.1, 0.15) is 0 Å². The first-order valence-corrected chi connectivity index (χ1v) is 27.2. The van der Waals surface area contributed by atoms with Crippen LogP contribution in [0.3, 0.4) is 0 Å². The number of hydrogen-bond donors (Lipinski definition) is 6. The van der Waals surface area contributed by atoms with E-state index in [2.05, 4.69) is 48.0 Å². The number of nitrogens with two attached hydrogens (primary N) is 1. The average Bonchev–Trinajstić information content (AvgIpc) is 3.39. The Balaban J connectivity index is 0.000000539. The Hall–Kier alpha value is -7.36. The number of carbonyl (C=O) groups excluding carboxylic acids is 2. The van der Waals surface area contributed by atoms with Gasteiger partial charge in [0.2, 0.25) is 0 Å². The third-order valence-corrected chi connectivity index (χ3v) is 11.7. The number of allylic oxidation sites excluding steroid dienone is 1. The Morgan fingerprint density at radius 3 is 1.34 bits per heavy atom. The van der Waals surface area contributed by atoms with Gasteiger partial charge in [-0.25, -0.2) is 0 Å². The summed E-state index contributed by atoms with van der Waals surface area (Å²) >= 11 is 0. The molecule has 0 bridgehead atoms. The van der Waals surface area contributed by atoms with Gasteiger partial charge in [-0.3, -0.25) is 28.8 Å². The van der Waals surface area contributed by atoms with E-state index in [1.54, 1.807) is 24.3 Å². The first-order valence-electron chi connectivity index (χ1n) is 27.2. The van der Waals surface area contributed by atoms with Crippen LogP contribution in [0.5, 0.6) is 0 Å². The predicted octanol–water partition coefficient (Wildman–Crippen LogP) is 11.5. The highest BCUT2D eigenvalue weighted by molar-refractivity contribution is 6.06. The van der Waals surface area contributed by atoms with E-state index in [-0.39, 0.29) is 31.7 Å². The van der Waals surface area contributed by atoms with Gasteiger partial charge in [0.05, 0.1) is 25.9 Å². The SMILES string of the molecule is CCCCN(CCCCCC(=O)O)c1ccc(/C(C=O)=C\N(C)C)cc1.CCCCN(CCCCCC(=O)OCC)c1ccc(CC(=O)O)cc1.CCCCNc1ccc(CC(=O)O)cc1.Nc1ccc(CC(=O)O)cc1. The summed E-state index contributed by atoms with van der Waals surface area (Å²) in [5.41, 5.74) is 13.4. The van der Waals surface area contributed by atoms with E-state index in [1.807, 2.05) is 92.8 Å². The van der Waals surface area contributed by atoms with Gasteiger partial charge in [-0.1, -0.05) is 101 Å². The summed E-state index contributed by atoms with van der Waals surface area (Å²) in [4.78, 5) is 71.2. The van der Waals surface area contributed by atoms with Crippen LogP contribution in [0, 0.1) is 0 Å². The van der Waals surface area contributed by atoms with Crippen LogP contribution in [0.15, 0.2) is 103 Å². The number of nitrogen functional groups attached to an aromatic ring is 1. The normalized spacial score (nSPS) is 10.5. The lowest BCUT2D eigenvalue weighted by atomic mass is 10.1. The number of aldehydes is 1. The second kappa shape index (κ2) is 41.8. The van der Waals surface area contributed by atoms with Gasteiger partial charge in [-0.15, -0.1) is 0 Å². The highest BCUT2D eigenvalue weighted by Crippen LogP contribution is 2.22. The van der Waals surface area contributed by atoms with E-state index in [4.69, 9.17) is 30.9 Å². The molecule has 4 aromatic rings. The van der Waals surface area contributed by atoms with Crippen LogP contribution in [0.2, 0.25) is 0 Å². The summed E-state index contributed by atoms with van der Waals surface area (Å²) in [5.74, 6) is -3.26. The second-order valence-corrected chi connectivity index (χ2v) is 18.8. The first-order chi connectivity index (χ1) is 36.9. The van der Waals surface area contributed by atoms with Gasteiger partial charge in [0, 0.05) is 94.2 Å². The molecule has 0 aliphatic carbocycles. The standard InChI is InChI=1S/C21H32N2O3.C20H31NO4.C12H17NO2.C8H9NO2/c1-4-5-14-23(15-8-6-7-9-21(25)26)20-12-10-18(11-13-20)19(17-24)16-22(2)3;1-3-5-14-21(15-8-6-7-9-20(24)25-4-2)18-12-10-17(11-13-18)16-19(22)23;1-2-3-8-13-11-6-4-10(5-7-11)9-12(14)15;9-7-3-1-6(2-4-7)5-8(10)11/h10-13,16-17H,4-9,14-15H2,1-3H3,(H,25,26);10-13H,3-9,14-16H2,1-2H3,(H,22,23);4-7,13H,2-3,8-9H2,1H3,(H,14,15);1-4H,5,9H2,(H,10,11)/b19-16-;;;. The van der Waals surface area contributed by atoms with Crippen LogP contribution in [-0.2, 0) is 52.8 Å². The zero-order valence-corrected chi connectivity index (χ0v) is 46.7. The number of carboxylic acid groups (broad SMARTS) is 4. The van der Waals surface area contributed by atoms with Crippen molar-refractivity contribution in [2.75, 3.05) is 74.3 Å². The zero-order chi connectivity index (χ0) is 57.2. The molecule has 0 unspecified atom stereocenters. The maximum Gasteiger partial charge on any atom is 0.307 e. The maximum atomic E-state index is 11.3. The number of nitrogens with zero attached hydrogens (tertiary/aromatic N) is 3. The number of benzene rings is 4. The Morgan fingerprint density at radius 1 is 0.519 bits per heavy atom. The summed E-state index contributed by atoms with van der Waals surface area (Å²) in [6.45, 7) is 13.6. The van der Waals surface area contributed by atoms with E-state index in [0.717, 1.165) is 149 Å². The monoisotopic (exact) mass is 1070 g/mol. The molecule has 77 heavy (non-hydrogen) atoms. The van der Waals surface area contributed by atoms with Crippen LogP contribution in [0.25, 0.3) is 5.57 Å². The fraction of sp³-hybridized carbons (Fsp3) is 0.475. The van der Waals surface area contributed by atoms with E-state index >= 15 is 0 Å². The van der Waals surface area contributed by atoms with Crippen LogP contribution in [0.1, 0.15) is 140 Å². The first kappa shape index (κ1) is 67.7. The highest BCUT2D eigenvalue weighted by atomic mass is 16.5. The minimum absolute atomic E-state index is 0.0558. The van der Waals surface area contributed by atoms with Crippen molar-refractivity contribution >= 4 is 64.5 Å². The third kappa shape index (κ3) is 34.0. The molecule has 4 aromatic carbocycles. The lowest BCUT2D eigenvalue weighted by Gasteiger charge is -2.25. The number of hydrogen-bond acceptors (Lipinski definition) is 12. The van der Waals surface area contributed by atoms with Crippen molar-refractivity contribution in [1.82, 2.24) is 4.90 Å². The number of esters is 1. The number of unbranched alkanes of at least 4 members (excludes halogenated alkanes) is 7. The van der Waals surface area contributed by atoms with Crippen LogP contribution >= 0.6 is 0 Å².